The van der Waals surface area contributed by atoms with Crippen LogP contribution in [0, 0.1) is 0 Å². The molecule has 0 amide bonds. The van der Waals surface area contributed by atoms with E-state index in [1.165, 1.54) is 55.0 Å². The van der Waals surface area contributed by atoms with Gasteiger partial charge in [0.25, 0.3) is 0 Å². The average molecular weight is 690 g/mol. The molecule has 44 heavy (non-hydrogen) atoms. The van der Waals surface area contributed by atoms with Crippen LogP contribution in [-0.4, -0.2) is 3.21 Å². The first kappa shape index (κ1) is 32.3. The van der Waals surface area contributed by atoms with Crippen molar-refractivity contribution in [3.05, 3.63) is 189 Å². The van der Waals surface area contributed by atoms with Gasteiger partial charge in [0.15, 0.2) is 0 Å². The summed E-state index contributed by atoms with van der Waals surface area (Å²) in [7, 11) is 0. The molecule has 0 aliphatic heterocycles. The normalized spacial score (nSPS) is 17.7. The monoisotopic (exact) mass is 687 g/mol. The second-order valence-electron chi connectivity index (χ2n) is 11.4. The van der Waals surface area contributed by atoms with Gasteiger partial charge in [0.05, 0.1) is 0 Å². The zero-order valence-corrected chi connectivity index (χ0v) is 29.1. The molecule has 4 aromatic carbocycles. The number of halogens is 2. The summed E-state index contributed by atoms with van der Waals surface area (Å²) in [6.07, 6.45) is 15.0. The Kier molecular flexibility index (Phi) is 10.2. The van der Waals surface area contributed by atoms with Crippen LogP contribution in [0.5, 0.6) is 0 Å². The maximum Gasteiger partial charge on any atom is -1.00 e. The predicted octanol–water partition coefficient (Wildman–Crippen LogP) is 1.98. The summed E-state index contributed by atoms with van der Waals surface area (Å²) in [5.74, 6) is 0. The maximum absolute atomic E-state index is 2.53. The topological polar surface area (TPSA) is 0 Å². The van der Waals surface area contributed by atoms with Crippen molar-refractivity contribution in [2.24, 2.45) is 0 Å². The third-order valence-corrected chi connectivity index (χ3v) is 13.0. The summed E-state index contributed by atoms with van der Waals surface area (Å²) in [5, 5.41) is 2.89. The van der Waals surface area contributed by atoms with Gasteiger partial charge in [-0.1, -0.05) is 0 Å². The number of aryl methyl sites for hydroxylation is 1. The quantitative estimate of drug-likeness (QED) is 0.279. The van der Waals surface area contributed by atoms with Crippen LogP contribution in [0.2, 0.25) is 0 Å². The van der Waals surface area contributed by atoms with Crippen LogP contribution in [0.1, 0.15) is 48.9 Å². The molecule has 217 valence electrons. The Morgan fingerprint density at radius 2 is 1.39 bits per heavy atom. The fourth-order valence-electron chi connectivity index (χ4n) is 6.95. The second kappa shape index (κ2) is 13.9. The minimum absolute atomic E-state index is 0. The molecule has 0 radical (unpaired) electrons. The van der Waals surface area contributed by atoms with E-state index >= 15 is 0 Å². The molecule has 1 unspecified atom stereocenters. The van der Waals surface area contributed by atoms with Crippen molar-refractivity contribution in [1.82, 2.24) is 0 Å². The molecule has 0 fully saturated rings. The predicted molar refractivity (Wildman–Crippen MR) is 174 cm³/mol. The molecule has 0 N–H and O–H groups in total. The number of fused-ring (bicyclic) bond motifs is 2. The molecule has 0 heterocycles. The van der Waals surface area contributed by atoms with E-state index in [4.69, 9.17) is 0 Å². The third kappa shape index (κ3) is 5.60. The molecular formula is C41H35Cl2Zr. The van der Waals surface area contributed by atoms with Gasteiger partial charge < -0.3 is 24.8 Å². The van der Waals surface area contributed by atoms with E-state index < -0.39 is 22.8 Å². The van der Waals surface area contributed by atoms with Crippen LogP contribution in [0.3, 0.4) is 0 Å². The van der Waals surface area contributed by atoms with Gasteiger partial charge in [-0.15, -0.1) is 0 Å². The van der Waals surface area contributed by atoms with Crippen LogP contribution in [-0.2, 0) is 34.6 Å². The second-order valence-corrected chi connectivity index (χ2v) is 14.4. The first-order chi connectivity index (χ1) is 20.7. The molecule has 0 spiro atoms. The summed E-state index contributed by atoms with van der Waals surface area (Å²) < 4.78 is 3.17. The van der Waals surface area contributed by atoms with Crippen LogP contribution < -0.4 is 35.3 Å². The van der Waals surface area contributed by atoms with Gasteiger partial charge in [0.1, 0.15) is 0 Å². The van der Waals surface area contributed by atoms with Crippen molar-refractivity contribution in [2.45, 2.75) is 38.5 Å². The molecule has 3 aliphatic rings. The van der Waals surface area contributed by atoms with Crippen LogP contribution in [0.4, 0.5) is 0 Å². The molecule has 3 aliphatic carbocycles. The van der Waals surface area contributed by atoms with Crippen molar-refractivity contribution >= 4 is 12.1 Å². The van der Waals surface area contributed by atoms with Gasteiger partial charge in [0, 0.05) is 0 Å². The molecule has 0 bridgehead atoms. The Labute approximate surface area is 285 Å². The van der Waals surface area contributed by atoms with Gasteiger partial charge in [0.2, 0.25) is 0 Å². The number of hydrogen-bond donors (Lipinski definition) is 0. The zero-order valence-electron chi connectivity index (χ0n) is 25.2. The van der Waals surface area contributed by atoms with Crippen LogP contribution in [0.15, 0.2) is 156 Å². The van der Waals surface area contributed by atoms with Gasteiger partial charge in [-0.3, -0.25) is 0 Å². The Morgan fingerprint density at radius 1 is 0.750 bits per heavy atom. The van der Waals surface area contributed by atoms with E-state index in [2.05, 4.69) is 153 Å². The van der Waals surface area contributed by atoms with Gasteiger partial charge >= 0.3 is 262 Å². The first-order valence-electron chi connectivity index (χ1n) is 15.2. The van der Waals surface area contributed by atoms with Gasteiger partial charge in [-0.05, 0) is 0 Å². The number of rotatable bonds is 7. The molecule has 0 nitrogen and oxygen atoms in total. The molecule has 4 aromatic rings. The standard InChI is InChI=1S/C28H25.C13H10.2ClH.Zr/c1-3-20-14-15-24-22(18-20)19-26-25(24)16-17-28(4-2,23-12-6-5-7-13-23)27(26)21-10-8-9-11-21;1-3-7-12(8-4-1)11-13-9-5-2-6-10-13;;;/h5-10,12-18H,3-4,11H2,1-2H3;1-10H;2*1H;/q;;;;+2/p-2. The fourth-order valence-corrected chi connectivity index (χ4v) is 10.9. The van der Waals surface area contributed by atoms with E-state index in [1.54, 1.807) is 6.49 Å². The van der Waals surface area contributed by atoms with Crippen molar-refractivity contribution in [3.63, 3.8) is 0 Å². The Hall–Kier alpha value is -3.09. The van der Waals surface area contributed by atoms with E-state index in [-0.39, 0.29) is 30.2 Å². The van der Waals surface area contributed by atoms with E-state index in [9.17, 15) is 0 Å². The summed E-state index contributed by atoms with van der Waals surface area (Å²) in [6.45, 7) is 4.65. The average Bonchev–Trinajstić information content (AvgIpc) is 3.70. The van der Waals surface area contributed by atoms with Crippen molar-refractivity contribution in [2.75, 3.05) is 0 Å². The molecule has 0 aromatic heterocycles. The van der Waals surface area contributed by atoms with Crippen LogP contribution in [0.25, 0.3) is 8.85 Å². The van der Waals surface area contributed by atoms with Crippen molar-refractivity contribution < 1.29 is 47.6 Å². The molecule has 0 saturated heterocycles. The summed E-state index contributed by atoms with van der Waals surface area (Å²) >= 11 is -1.32. The Bertz CT molecular complexity index is 1900. The van der Waals surface area contributed by atoms with Crippen molar-refractivity contribution in [1.29, 1.82) is 0 Å². The number of allylic oxidation sites excluding steroid dienone is 8. The first-order valence-corrected chi connectivity index (χ1v) is 17.7. The van der Waals surface area contributed by atoms with Crippen LogP contribution >= 0.6 is 0 Å². The van der Waals surface area contributed by atoms with Gasteiger partial charge in [-0.25, -0.2) is 0 Å². The Balaban J connectivity index is 0.00000192. The molecule has 0 saturated carbocycles. The van der Waals surface area contributed by atoms with E-state index in [0.29, 0.717) is 0 Å². The Morgan fingerprint density at radius 3 is 1.95 bits per heavy atom. The summed E-state index contributed by atoms with van der Waals surface area (Å²) in [5.41, 5.74) is 11.3. The smallest absolute Gasteiger partial charge is 1.00 e. The third-order valence-electron chi connectivity index (χ3n) is 9.12. The van der Waals surface area contributed by atoms with Gasteiger partial charge in [-0.2, -0.15) is 0 Å². The maximum atomic E-state index is 2.53. The van der Waals surface area contributed by atoms with Crippen molar-refractivity contribution in [3.8, 4) is 0 Å². The zero-order chi connectivity index (χ0) is 28.5. The largest absolute Gasteiger partial charge is 1.00 e. The van der Waals surface area contributed by atoms with E-state index in [0.717, 1.165) is 19.3 Å². The molecular weight excluding hydrogens is 655 g/mol. The summed E-state index contributed by atoms with van der Waals surface area (Å²) in [6, 6.07) is 40.8. The summed E-state index contributed by atoms with van der Waals surface area (Å²) in [4.78, 5) is 0. The SMILES string of the molecule is CCc1ccc2c(c1)=[C]([Zr+2]=[C](c1ccccc1)c1ccccc1)C1=C(C3=CC=CC3)C(CC)(c3ccccc3)C=CC=21.[Cl-].[Cl-]. The number of benzene rings is 4. The fraction of sp³-hybridized carbons (Fsp3) is 0.146. The number of hydrogen-bond acceptors (Lipinski definition) is 0. The minimum Gasteiger partial charge on any atom is -1.00 e. The molecule has 7 rings (SSSR count). The van der Waals surface area contributed by atoms with E-state index in [1.807, 2.05) is 0 Å². The molecule has 1 atom stereocenters. The minimum atomic E-state index is -1.32. The molecule has 3 heteroatoms.